The maximum atomic E-state index is 11.5. The highest BCUT2D eigenvalue weighted by Crippen LogP contribution is 2.10. The van der Waals surface area contributed by atoms with Gasteiger partial charge in [0.2, 0.25) is 0 Å². The molecule has 0 atom stereocenters. The lowest BCUT2D eigenvalue weighted by Crippen LogP contribution is -2.32. The predicted molar refractivity (Wildman–Crippen MR) is 120 cm³/mol. The maximum Gasteiger partial charge on any atom is 0.304 e. The molecule has 8 heteroatoms. The van der Waals surface area contributed by atoms with Gasteiger partial charge in [-0.25, -0.2) is 0 Å². The highest BCUT2D eigenvalue weighted by molar-refractivity contribution is 5.80. The molecule has 0 aromatic heterocycles. The smallest absolute Gasteiger partial charge is 0.304 e. The van der Waals surface area contributed by atoms with E-state index >= 15 is 0 Å². The van der Waals surface area contributed by atoms with Crippen molar-refractivity contribution >= 4 is 11.8 Å². The molecule has 0 heterocycles. The predicted octanol–water partition coefficient (Wildman–Crippen LogP) is 1.81. The van der Waals surface area contributed by atoms with Crippen LogP contribution in [0.25, 0.3) is 0 Å². The van der Waals surface area contributed by atoms with Gasteiger partial charge in [-0.3, -0.25) is 14.5 Å². The van der Waals surface area contributed by atoms with Crippen LogP contribution in [0.1, 0.15) is 77.6 Å². The number of aliphatic hydroxyl groups is 3. The number of unbranched alkanes of at least 4 members (excludes halogenated alkanes) is 8. The van der Waals surface area contributed by atoms with E-state index in [4.69, 9.17) is 20.4 Å². The van der Waals surface area contributed by atoms with Crippen molar-refractivity contribution in [3.05, 3.63) is 0 Å². The van der Waals surface area contributed by atoms with Gasteiger partial charge in [-0.2, -0.15) is 0 Å². The zero-order chi connectivity index (χ0) is 22.9. The van der Waals surface area contributed by atoms with Crippen molar-refractivity contribution in [3.63, 3.8) is 0 Å². The molecule has 8 nitrogen and oxygen atoms in total. The number of hydrogen-bond acceptors (Lipinski definition) is 7. The summed E-state index contributed by atoms with van der Waals surface area (Å²) in [7, 11) is 0. The third-order valence-corrected chi connectivity index (χ3v) is 4.65. The highest BCUT2D eigenvalue weighted by Gasteiger charge is 2.02. The van der Waals surface area contributed by atoms with Crippen LogP contribution in [0.5, 0.6) is 0 Å². The summed E-state index contributed by atoms with van der Waals surface area (Å²) in [6.07, 6.45) is 12.0. The zero-order valence-electron chi connectivity index (χ0n) is 19.0. The number of nitrogens with one attached hydrogen (secondary N) is 1. The first kappa shape index (κ1) is 31.1. The van der Waals surface area contributed by atoms with Crippen LogP contribution in [0.4, 0.5) is 0 Å². The van der Waals surface area contributed by atoms with Crippen LogP contribution in [0.2, 0.25) is 0 Å². The molecule has 0 radical (unpaired) electrons. The van der Waals surface area contributed by atoms with Gasteiger partial charge in [0, 0.05) is 32.6 Å². The minimum atomic E-state index is -0.830. The Labute approximate surface area is 182 Å². The van der Waals surface area contributed by atoms with Crippen LogP contribution in [0, 0.1) is 0 Å². The van der Waals surface area contributed by atoms with Crippen molar-refractivity contribution in [3.8, 4) is 0 Å². The van der Waals surface area contributed by atoms with Crippen LogP contribution in [0.3, 0.4) is 0 Å². The second-order valence-electron chi connectivity index (χ2n) is 7.45. The van der Waals surface area contributed by atoms with Crippen molar-refractivity contribution < 1.29 is 30.0 Å². The van der Waals surface area contributed by atoms with Crippen molar-refractivity contribution in [2.24, 2.45) is 0 Å². The lowest BCUT2D eigenvalue weighted by atomic mass is 10.1. The third-order valence-electron chi connectivity index (χ3n) is 4.65. The van der Waals surface area contributed by atoms with E-state index in [1.807, 2.05) is 0 Å². The lowest BCUT2D eigenvalue weighted by Gasteiger charge is -2.17. The Morgan fingerprint density at radius 1 is 0.733 bits per heavy atom. The summed E-state index contributed by atoms with van der Waals surface area (Å²) in [5.74, 6) is -0.637. The summed E-state index contributed by atoms with van der Waals surface area (Å²) < 4.78 is 0. The number of carbonyl (C=O) groups is 2. The number of rotatable bonds is 21. The first-order valence-corrected chi connectivity index (χ1v) is 11.5. The molecule has 0 aromatic rings. The van der Waals surface area contributed by atoms with Gasteiger partial charge in [-0.15, -0.1) is 0 Å². The number of hydrogen-bond donors (Lipinski definition) is 5. The van der Waals surface area contributed by atoms with Crippen LogP contribution in [0.15, 0.2) is 0 Å². The Hall–Kier alpha value is -1.06. The largest absolute Gasteiger partial charge is 0.481 e. The standard InChI is InChI=1S/C16H31NO3.C6H15NO3/c1-2-3-4-5-6-7-8-9-10-11-15(18)14-17-13-12-16(19)20;8-4-1-7(2-5-9)3-6-10/h17H,2-14H2,1H3,(H,19,20);8-10H,1-6H2. The van der Waals surface area contributed by atoms with E-state index in [0.29, 0.717) is 39.1 Å². The highest BCUT2D eigenvalue weighted by atomic mass is 16.4. The fraction of sp³-hybridized carbons (Fsp3) is 0.909. The number of carboxylic acid groups (broad SMARTS) is 1. The molecule has 30 heavy (non-hydrogen) atoms. The van der Waals surface area contributed by atoms with E-state index < -0.39 is 5.97 Å². The Kier molecular flexibility index (Phi) is 27.0. The van der Waals surface area contributed by atoms with Crippen molar-refractivity contribution in [2.75, 3.05) is 52.5 Å². The fourth-order valence-corrected chi connectivity index (χ4v) is 2.90. The Morgan fingerprint density at radius 2 is 1.20 bits per heavy atom. The van der Waals surface area contributed by atoms with Gasteiger partial charge >= 0.3 is 5.97 Å². The number of aliphatic carboxylic acids is 1. The SMILES string of the molecule is CCCCCCCCCCCC(=O)CNCCC(=O)O.OCCN(CCO)CCO. The molecule has 0 aliphatic heterocycles. The minimum absolute atomic E-state index is 0.0694. The molecular weight excluding hydrogens is 388 g/mol. The molecular formula is C22H46N2O6. The summed E-state index contributed by atoms with van der Waals surface area (Å²) in [5.41, 5.74) is 0. The van der Waals surface area contributed by atoms with E-state index in [-0.39, 0.29) is 32.0 Å². The average Bonchev–Trinajstić information content (AvgIpc) is 2.71. The van der Waals surface area contributed by atoms with Gasteiger partial charge in [0.15, 0.2) is 0 Å². The molecule has 5 N–H and O–H groups in total. The number of Topliss-reactive ketones (excluding diaryl/α,β-unsaturated/α-hetero) is 1. The van der Waals surface area contributed by atoms with Gasteiger partial charge in [0.25, 0.3) is 0 Å². The van der Waals surface area contributed by atoms with Crippen LogP contribution in [-0.2, 0) is 9.59 Å². The molecule has 0 saturated carbocycles. The second-order valence-corrected chi connectivity index (χ2v) is 7.45. The van der Waals surface area contributed by atoms with Gasteiger partial charge in [-0.1, -0.05) is 58.3 Å². The van der Waals surface area contributed by atoms with Crippen LogP contribution in [-0.4, -0.2) is 89.6 Å². The minimum Gasteiger partial charge on any atom is -0.481 e. The van der Waals surface area contributed by atoms with E-state index in [1.54, 1.807) is 4.90 Å². The summed E-state index contributed by atoms with van der Waals surface area (Å²) in [6, 6.07) is 0. The van der Waals surface area contributed by atoms with Gasteiger partial charge in [0.05, 0.1) is 32.8 Å². The van der Waals surface area contributed by atoms with E-state index in [9.17, 15) is 9.59 Å². The van der Waals surface area contributed by atoms with E-state index in [1.165, 1.54) is 44.9 Å². The summed E-state index contributed by atoms with van der Waals surface area (Å²) in [4.78, 5) is 23.6. The van der Waals surface area contributed by atoms with Crippen molar-refractivity contribution in [1.82, 2.24) is 10.2 Å². The molecule has 0 fully saturated rings. The molecule has 0 aliphatic rings. The monoisotopic (exact) mass is 434 g/mol. The number of nitrogens with zero attached hydrogens (tertiary/aromatic N) is 1. The molecule has 0 rings (SSSR count). The quantitative estimate of drug-likeness (QED) is 0.173. The summed E-state index contributed by atoms with van der Waals surface area (Å²) in [6.45, 7) is 4.67. The van der Waals surface area contributed by atoms with Crippen LogP contribution >= 0.6 is 0 Å². The van der Waals surface area contributed by atoms with Gasteiger partial charge < -0.3 is 25.7 Å². The number of carboxylic acids is 1. The first-order valence-electron chi connectivity index (χ1n) is 11.5. The molecule has 0 unspecified atom stereocenters. The Balaban J connectivity index is 0. The van der Waals surface area contributed by atoms with Crippen molar-refractivity contribution in [1.29, 1.82) is 0 Å². The molecule has 0 saturated heterocycles. The average molecular weight is 435 g/mol. The summed E-state index contributed by atoms with van der Waals surface area (Å²) in [5, 5.41) is 36.8. The molecule has 0 aliphatic carbocycles. The number of aliphatic hydroxyl groups excluding tert-OH is 3. The molecule has 0 aromatic carbocycles. The molecule has 0 bridgehead atoms. The zero-order valence-corrected chi connectivity index (χ0v) is 19.0. The van der Waals surface area contributed by atoms with E-state index in [2.05, 4.69) is 12.2 Å². The van der Waals surface area contributed by atoms with Gasteiger partial charge in [-0.05, 0) is 6.42 Å². The molecule has 180 valence electrons. The van der Waals surface area contributed by atoms with Crippen molar-refractivity contribution in [2.45, 2.75) is 77.6 Å². The second kappa shape index (κ2) is 26.0. The summed E-state index contributed by atoms with van der Waals surface area (Å²) >= 11 is 0. The lowest BCUT2D eigenvalue weighted by molar-refractivity contribution is -0.137. The topological polar surface area (TPSA) is 130 Å². The van der Waals surface area contributed by atoms with E-state index in [0.717, 1.165) is 12.8 Å². The first-order chi connectivity index (χ1) is 14.5. The Bertz CT molecular complexity index is 368. The third kappa shape index (κ3) is 26.9. The maximum absolute atomic E-state index is 11.5. The van der Waals surface area contributed by atoms with Crippen LogP contribution < -0.4 is 5.32 Å². The fourth-order valence-electron chi connectivity index (χ4n) is 2.90. The molecule has 0 amide bonds. The van der Waals surface area contributed by atoms with Gasteiger partial charge in [0.1, 0.15) is 5.78 Å². The molecule has 0 spiro atoms. The number of ketones is 1. The Morgan fingerprint density at radius 3 is 1.63 bits per heavy atom. The normalized spacial score (nSPS) is 10.7. The number of carbonyl (C=O) groups excluding carboxylic acids is 1.